The Morgan fingerprint density at radius 2 is 2.50 bits per heavy atom. The largest absolute Gasteiger partial charge is 0.772 e. The highest BCUT2D eigenvalue weighted by molar-refractivity contribution is 7.79. The monoisotopic (exact) mass is 191 g/mol. The summed E-state index contributed by atoms with van der Waals surface area (Å²) in [7, 11) is 1.98. The van der Waals surface area contributed by atoms with E-state index in [2.05, 4.69) is 10.2 Å². The second-order valence-corrected chi connectivity index (χ2v) is 4.15. The van der Waals surface area contributed by atoms with E-state index in [1.807, 2.05) is 7.05 Å². The second kappa shape index (κ2) is 4.91. The SMILES string of the molecule is CN(CCS(=O)[O-])C1CCNC1. The lowest BCUT2D eigenvalue weighted by Crippen LogP contribution is -2.35. The zero-order chi connectivity index (χ0) is 8.97. The minimum atomic E-state index is -1.90. The van der Waals surface area contributed by atoms with Gasteiger partial charge in [0.15, 0.2) is 0 Å². The lowest BCUT2D eigenvalue weighted by atomic mass is 10.2. The minimum Gasteiger partial charge on any atom is -0.772 e. The third kappa shape index (κ3) is 3.18. The number of likely N-dealkylation sites (N-methyl/N-ethyl adjacent to an activating group) is 1. The van der Waals surface area contributed by atoms with Crippen LogP contribution in [0.5, 0.6) is 0 Å². The summed E-state index contributed by atoms with van der Waals surface area (Å²) in [5.74, 6) is 0.243. The number of nitrogens with zero attached hydrogens (tertiary/aromatic N) is 1. The lowest BCUT2D eigenvalue weighted by Gasteiger charge is -2.23. The summed E-state index contributed by atoms with van der Waals surface area (Å²) in [6.45, 7) is 2.68. The van der Waals surface area contributed by atoms with E-state index in [-0.39, 0.29) is 5.75 Å². The molecule has 2 unspecified atom stereocenters. The first-order valence-electron chi connectivity index (χ1n) is 4.17. The van der Waals surface area contributed by atoms with Crippen molar-refractivity contribution in [3.05, 3.63) is 0 Å². The van der Waals surface area contributed by atoms with Crippen LogP contribution in [0.3, 0.4) is 0 Å². The Hall–Kier alpha value is 0.0300. The molecule has 0 spiro atoms. The summed E-state index contributed by atoms with van der Waals surface area (Å²) >= 11 is -1.90. The van der Waals surface area contributed by atoms with Gasteiger partial charge in [0.2, 0.25) is 0 Å². The third-order valence-electron chi connectivity index (χ3n) is 2.27. The fraction of sp³-hybridized carbons (Fsp3) is 1.00. The van der Waals surface area contributed by atoms with Crippen LogP contribution in [0.25, 0.3) is 0 Å². The average molecular weight is 191 g/mol. The zero-order valence-electron chi connectivity index (χ0n) is 7.28. The van der Waals surface area contributed by atoms with Crippen molar-refractivity contribution in [3.8, 4) is 0 Å². The zero-order valence-corrected chi connectivity index (χ0v) is 8.10. The molecule has 5 heteroatoms. The van der Waals surface area contributed by atoms with Crippen LogP contribution < -0.4 is 5.32 Å². The number of rotatable bonds is 4. The van der Waals surface area contributed by atoms with E-state index in [0.717, 1.165) is 19.5 Å². The molecule has 1 N–H and O–H groups in total. The van der Waals surface area contributed by atoms with Crippen molar-refractivity contribution in [1.82, 2.24) is 10.2 Å². The van der Waals surface area contributed by atoms with E-state index < -0.39 is 11.1 Å². The van der Waals surface area contributed by atoms with Gasteiger partial charge in [0.25, 0.3) is 0 Å². The Morgan fingerprint density at radius 1 is 1.75 bits per heavy atom. The molecule has 1 aliphatic heterocycles. The summed E-state index contributed by atoms with van der Waals surface area (Å²) in [5.41, 5.74) is 0. The number of hydrogen-bond acceptors (Lipinski definition) is 4. The summed E-state index contributed by atoms with van der Waals surface area (Å²) in [6, 6.07) is 0.522. The first kappa shape index (κ1) is 10.1. The standard InChI is InChI=1S/C7H16N2O2S/c1-9(4-5-12(10)11)7-2-3-8-6-7/h7-8H,2-6H2,1H3,(H,10,11)/p-1. The maximum atomic E-state index is 10.3. The van der Waals surface area contributed by atoms with Gasteiger partial charge in [0.05, 0.1) is 0 Å². The molecular formula is C7H15N2O2S-. The van der Waals surface area contributed by atoms with Gasteiger partial charge in [0, 0.05) is 24.9 Å². The molecule has 0 bridgehead atoms. The predicted molar refractivity (Wildman–Crippen MR) is 47.7 cm³/mol. The first-order valence-corrected chi connectivity index (χ1v) is 5.41. The number of hydrogen-bond donors (Lipinski definition) is 1. The third-order valence-corrected chi connectivity index (χ3v) is 2.78. The van der Waals surface area contributed by atoms with Gasteiger partial charge in [-0.25, -0.2) is 0 Å². The van der Waals surface area contributed by atoms with Crippen molar-refractivity contribution >= 4 is 11.1 Å². The Bertz CT molecular complexity index is 159. The fourth-order valence-corrected chi connectivity index (χ4v) is 1.85. The van der Waals surface area contributed by atoms with E-state index in [9.17, 15) is 8.76 Å². The first-order chi connectivity index (χ1) is 5.70. The molecule has 1 fully saturated rings. The van der Waals surface area contributed by atoms with Gasteiger partial charge in [0.1, 0.15) is 0 Å². The van der Waals surface area contributed by atoms with E-state index in [1.165, 1.54) is 0 Å². The van der Waals surface area contributed by atoms with Crippen LogP contribution >= 0.6 is 0 Å². The summed E-state index contributed by atoms with van der Waals surface area (Å²) < 4.78 is 20.6. The Morgan fingerprint density at radius 3 is 3.00 bits per heavy atom. The molecule has 2 atom stereocenters. The van der Waals surface area contributed by atoms with Gasteiger partial charge in [-0.15, -0.1) is 0 Å². The van der Waals surface area contributed by atoms with Gasteiger partial charge in [-0.1, -0.05) is 11.1 Å². The van der Waals surface area contributed by atoms with Gasteiger partial charge < -0.3 is 14.8 Å². The average Bonchev–Trinajstić information content (AvgIpc) is 2.51. The highest BCUT2D eigenvalue weighted by atomic mass is 32.2. The molecule has 0 aliphatic carbocycles. The summed E-state index contributed by atoms with van der Waals surface area (Å²) in [5, 5.41) is 3.25. The van der Waals surface area contributed by atoms with Gasteiger partial charge in [-0.3, -0.25) is 4.21 Å². The smallest absolute Gasteiger partial charge is 0.0230 e. The van der Waals surface area contributed by atoms with Gasteiger partial charge in [-0.2, -0.15) is 0 Å². The van der Waals surface area contributed by atoms with E-state index in [1.54, 1.807) is 0 Å². The quantitative estimate of drug-likeness (QED) is 0.589. The molecule has 0 aromatic carbocycles. The van der Waals surface area contributed by atoms with Crippen molar-refractivity contribution in [2.45, 2.75) is 12.5 Å². The van der Waals surface area contributed by atoms with Gasteiger partial charge >= 0.3 is 0 Å². The Labute approximate surface area is 75.6 Å². The number of nitrogens with one attached hydrogen (secondary N) is 1. The van der Waals surface area contributed by atoms with Crippen molar-refractivity contribution in [3.63, 3.8) is 0 Å². The molecule has 0 radical (unpaired) electrons. The summed E-state index contributed by atoms with van der Waals surface area (Å²) in [4.78, 5) is 2.11. The maximum absolute atomic E-state index is 10.3. The minimum absolute atomic E-state index is 0.243. The van der Waals surface area contributed by atoms with Crippen LogP contribution in [0, 0.1) is 0 Å². The Balaban J connectivity index is 2.17. The van der Waals surface area contributed by atoms with E-state index in [4.69, 9.17) is 0 Å². The maximum Gasteiger partial charge on any atom is 0.0230 e. The van der Waals surface area contributed by atoms with Crippen LogP contribution in [0.1, 0.15) is 6.42 Å². The van der Waals surface area contributed by atoms with Crippen LogP contribution in [0.15, 0.2) is 0 Å². The molecule has 0 aromatic heterocycles. The molecule has 0 saturated carbocycles. The van der Waals surface area contributed by atoms with E-state index in [0.29, 0.717) is 12.6 Å². The molecule has 0 amide bonds. The fourth-order valence-electron chi connectivity index (χ4n) is 1.42. The molecule has 1 rings (SSSR count). The molecule has 1 saturated heterocycles. The second-order valence-electron chi connectivity index (χ2n) is 3.14. The van der Waals surface area contributed by atoms with Crippen molar-refractivity contribution in [1.29, 1.82) is 0 Å². The normalized spacial score (nSPS) is 26.4. The molecule has 0 aromatic rings. The van der Waals surface area contributed by atoms with Crippen molar-refractivity contribution < 1.29 is 8.76 Å². The summed E-state index contributed by atoms with van der Waals surface area (Å²) in [6.07, 6.45) is 1.13. The van der Waals surface area contributed by atoms with Gasteiger partial charge in [-0.05, 0) is 20.0 Å². The van der Waals surface area contributed by atoms with Crippen molar-refractivity contribution in [2.75, 3.05) is 32.4 Å². The van der Waals surface area contributed by atoms with E-state index >= 15 is 0 Å². The Kier molecular flexibility index (Phi) is 4.14. The lowest BCUT2D eigenvalue weighted by molar-refractivity contribution is 0.271. The van der Waals surface area contributed by atoms with Crippen LogP contribution in [-0.4, -0.2) is 52.1 Å². The highest BCUT2D eigenvalue weighted by Crippen LogP contribution is 2.05. The molecule has 12 heavy (non-hydrogen) atoms. The molecule has 72 valence electrons. The molecule has 1 aliphatic rings. The highest BCUT2D eigenvalue weighted by Gasteiger charge is 2.18. The molecule has 1 heterocycles. The molecule has 4 nitrogen and oxygen atoms in total. The topological polar surface area (TPSA) is 55.4 Å². The van der Waals surface area contributed by atoms with Crippen LogP contribution in [-0.2, 0) is 11.1 Å². The van der Waals surface area contributed by atoms with Crippen LogP contribution in [0.4, 0.5) is 0 Å². The van der Waals surface area contributed by atoms with Crippen LogP contribution in [0.2, 0.25) is 0 Å². The van der Waals surface area contributed by atoms with Crippen molar-refractivity contribution in [2.24, 2.45) is 0 Å². The molecular weight excluding hydrogens is 176 g/mol. The predicted octanol–water partition coefficient (Wildman–Crippen LogP) is -0.841.